The largest absolute Gasteiger partial charge is 0.395 e. The molecule has 3 rings (SSSR count). The van der Waals surface area contributed by atoms with Gasteiger partial charge in [-0.05, 0) is 44.1 Å². The zero-order valence-electron chi connectivity index (χ0n) is 18.1. The van der Waals surface area contributed by atoms with Crippen LogP contribution in [0.1, 0.15) is 63.9 Å². The molecule has 3 heterocycles. The third-order valence-electron chi connectivity index (χ3n) is 5.12. The van der Waals surface area contributed by atoms with Gasteiger partial charge in [-0.2, -0.15) is 9.61 Å². The van der Waals surface area contributed by atoms with Gasteiger partial charge in [0, 0.05) is 23.4 Å². The molecule has 0 radical (unpaired) electrons. The average molecular weight is 414 g/mol. The zero-order chi connectivity index (χ0) is 21.2. The normalized spacial score (nSPS) is 12.8. The lowest BCUT2D eigenvalue weighted by molar-refractivity contribution is 0.210. The molecular weight excluding hydrogens is 382 g/mol. The Labute approximate surface area is 176 Å². The number of thiophene rings is 1. The van der Waals surface area contributed by atoms with Gasteiger partial charge in [-0.15, -0.1) is 21.5 Å². The molecule has 6 nitrogen and oxygen atoms in total. The van der Waals surface area contributed by atoms with Gasteiger partial charge in [0.25, 0.3) is 0 Å². The van der Waals surface area contributed by atoms with Crippen LogP contribution in [-0.4, -0.2) is 44.6 Å². The van der Waals surface area contributed by atoms with Crippen molar-refractivity contribution in [1.29, 1.82) is 0 Å². The van der Waals surface area contributed by atoms with E-state index in [9.17, 15) is 5.11 Å². The first-order chi connectivity index (χ1) is 13.8. The van der Waals surface area contributed by atoms with Crippen LogP contribution < -0.4 is 10.1 Å². The summed E-state index contributed by atoms with van der Waals surface area (Å²) in [6.45, 7) is 16.4. The first kappa shape index (κ1) is 21.5. The van der Waals surface area contributed by atoms with Crippen LogP contribution in [0.2, 0.25) is 0 Å². The topological polar surface area (TPSA) is 66.5 Å². The van der Waals surface area contributed by atoms with Crippen LogP contribution in [0.25, 0.3) is 17.3 Å². The van der Waals surface area contributed by atoms with E-state index in [2.05, 4.69) is 53.7 Å². The SMILES string of the molecule is C=C(C)c1nn2c(C(C)(C)CO)nnc2/c1=C\c1ccc(N(CC)CCCC)s1. The second-order valence-corrected chi connectivity index (χ2v) is 9.19. The maximum absolute atomic E-state index is 9.75. The van der Waals surface area contributed by atoms with E-state index in [1.807, 2.05) is 20.8 Å². The number of hydrogen-bond donors (Lipinski definition) is 1. The Hall–Kier alpha value is -2.25. The summed E-state index contributed by atoms with van der Waals surface area (Å²) in [6.07, 6.45) is 4.51. The van der Waals surface area contributed by atoms with E-state index in [4.69, 9.17) is 5.10 Å². The highest BCUT2D eigenvalue weighted by molar-refractivity contribution is 7.16. The lowest BCUT2D eigenvalue weighted by atomic mass is 9.94. The molecule has 0 aliphatic heterocycles. The predicted molar refractivity (Wildman–Crippen MR) is 122 cm³/mol. The Balaban J connectivity index is 2.08. The molecule has 0 saturated carbocycles. The van der Waals surface area contributed by atoms with Crippen molar-refractivity contribution >= 4 is 33.6 Å². The molecule has 0 fully saturated rings. The molecule has 7 heteroatoms. The molecule has 3 aromatic rings. The van der Waals surface area contributed by atoms with E-state index >= 15 is 0 Å². The van der Waals surface area contributed by atoms with Gasteiger partial charge < -0.3 is 10.0 Å². The summed E-state index contributed by atoms with van der Waals surface area (Å²) >= 11 is 1.78. The molecule has 1 N–H and O–H groups in total. The van der Waals surface area contributed by atoms with Gasteiger partial charge in [0.05, 0.1) is 22.5 Å². The summed E-state index contributed by atoms with van der Waals surface area (Å²) in [5.74, 6) is 0.653. The highest BCUT2D eigenvalue weighted by atomic mass is 32.1. The number of fused-ring (bicyclic) bond motifs is 1. The molecule has 0 aliphatic carbocycles. The minimum absolute atomic E-state index is 0.0268. The van der Waals surface area contributed by atoms with Crippen LogP contribution in [0.4, 0.5) is 5.00 Å². The predicted octanol–water partition coefficient (Wildman–Crippen LogP) is 3.66. The molecule has 0 saturated heterocycles. The van der Waals surface area contributed by atoms with Crippen molar-refractivity contribution in [3.63, 3.8) is 0 Å². The van der Waals surface area contributed by atoms with Gasteiger partial charge in [-0.3, -0.25) is 0 Å². The number of allylic oxidation sites excluding steroid dienone is 1. The van der Waals surface area contributed by atoms with Crippen molar-refractivity contribution in [3.05, 3.63) is 40.3 Å². The van der Waals surface area contributed by atoms with Crippen LogP contribution >= 0.6 is 11.3 Å². The molecule has 0 aromatic carbocycles. The molecule has 0 spiro atoms. The Morgan fingerprint density at radius 2 is 2.07 bits per heavy atom. The molecule has 0 unspecified atom stereocenters. The lowest BCUT2D eigenvalue weighted by Crippen LogP contribution is -2.25. The van der Waals surface area contributed by atoms with Crippen LogP contribution in [-0.2, 0) is 5.41 Å². The Bertz CT molecular complexity index is 1050. The van der Waals surface area contributed by atoms with Gasteiger partial charge in [0.1, 0.15) is 0 Å². The lowest BCUT2D eigenvalue weighted by Gasteiger charge is -2.20. The van der Waals surface area contributed by atoms with Crippen molar-refractivity contribution in [2.45, 2.75) is 52.9 Å². The second-order valence-electron chi connectivity index (χ2n) is 8.10. The summed E-state index contributed by atoms with van der Waals surface area (Å²) in [5, 5.41) is 25.4. The standard InChI is InChI=1S/C22H31N5OS/c1-7-9-12-26(8-2)18-11-10-16(29-18)13-17-19(15(3)4)25-27-20(17)23-24-21(27)22(5,6)14-28/h10-11,13,28H,3,7-9,12,14H2,1-2,4-6H3/b17-13-. The molecule has 29 heavy (non-hydrogen) atoms. The molecule has 0 bridgehead atoms. The number of anilines is 1. The van der Waals surface area contributed by atoms with Crippen LogP contribution in [0.3, 0.4) is 0 Å². The molecule has 156 valence electrons. The third-order valence-corrected chi connectivity index (χ3v) is 6.21. The van der Waals surface area contributed by atoms with Crippen molar-refractivity contribution in [2.75, 3.05) is 24.6 Å². The highest BCUT2D eigenvalue weighted by Crippen LogP contribution is 2.27. The first-order valence-electron chi connectivity index (χ1n) is 10.2. The van der Waals surface area contributed by atoms with Gasteiger partial charge in [-0.1, -0.05) is 33.8 Å². The van der Waals surface area contributed by atoms with Crippen molar-refractivity contribution < 1.29 is 5.11 Å². The Morgan fingerprint density at radius 1 is 1.31 bits per heavy atom. The molecule has 0 atom stereocenters. The summed E-state index contributed by atoms with van der Waals surface area (Å²) in [4.78, 5) is 3.57. The summed E-state index contributed by atoms with van der Waals surface area (Å²) in [6, 6.07) is 4.34. The summed E-state index contributed by atoms with van der Waals surface area (Å²) in [7, 11) is 0. The number of aliphatic hydroxyl groups excluding tert-OH is 1. The van der Waals surface area contributed by atoms with E-state index < -0.39 is 5.41 Å². The van der Waals surface area contributed by atoms with E-state index in [0.717, 1.165) is 34.5 Å². The van der Waals surface area contributed by atoms with Crippen LogP contribution in [0.5, 0.6) is 0 Å². The molecular formula is C22H31N5OS. The first-order valence-corrected chi connectivity index (χ1v) is 11.0. The van der Waals surface area contributed by atoms with Crippen molar-refractivity contribution in [1.82, 2.24) is 19.8 Å². The van der Waals surface area contributed by atoms with Gasteiger partial charge in [0.15, 0.2) is 11.5 Å². The number of rotatable bonds is 9. The second kappa shape index (κ2) is 8.63. The Morgan fingerprint density at radius 3 is 2.69 bits per heavy atom. The third kappa shape index (κ3) is 4.21. The number of hydrogen-bond acceptors (Lipinski definition) is 6. The summed E-state index contributed by atoms with van der Waals surface area (Å²) in [5.41, 5.74) is 1.87. The maximum atomic E-state index is 9.75. The number of aromatic nitrogens is 4. The van der Waals surface area contributed by atoms with Crippen LogP contribution in [0, 0.1) is 0 Å². The smallest absolute Gasteiger partial charge is 0.187 e. The minimum atomic E-state index is -0.526. The number of nitrogens with zero attached hydrogens (tertiary/aromatic N) is 5. The van der Waals surface area contributed by atoms with Crippen molar-refractivity contribution in [3.8, 4) is 0 Å². The highest BCUT2D eigenvalue weighted by Gasteiger charge is 2.28. The van der Waals surface area contributed by atoms with E-state index in [1.165, 1.54) is 17.8 Å². The fourth-order valence-corrected chi connectivity index (χ4v) is 4.29. The van der Waals surface area contributed by atoms with E-state index in [0.29, 0.717) is 11.5 Å². The van der Waals surface area contributed by atoms with Gasteiger partial charge in [0.2, 0.25) is 0 Å². The fraction of sp³-hybridized carbons (Fsp3) is 0.500. The van der Waals surface area contributed by atoms with E-state index in [-0.39, 0.29) is 6.61 Å². The van der Waals surface area contributed by atoms with E-state index in [1.54, 1.807) is 15.9 Å². The summed E-state index contributed by atoms with van der Waals surface area (Å²) < 4.78 is 1.75. The number of aliphatic hydroxyl groups is 1. The number of unbranched alkanes of at least 4 members (excludes halogenated alkanes) is 1. The molecule has 0 amide bonds. The average Bonchev–Trinajstić information content (AvgIpc) is 3.39. The quantitative estimate of drug-likeness (QED) is 0.580. The van der Waals surface area contributed by atoms with Gasteiger partial charge in [-0.25, -0.2) is 0 Å². The van der Waals surface area contributed by atoms with Crippen LogP contribution in [0.15, 0.2) is 18.7 Å². The minimum Gasteiger partial charge on any atom is -0.395 e. The van der Waals surface area contributed by atoms with Gasteiger partial charge >= 0.3 is 0 Å². The van der Waals surface area contributed by atoms with Crippen molar-refractivity contribution in [2.24, 2.45) is 0 Å². The fourth-order valence-electron chi connectivity index (χ4n) is 3.25. The molecule has 0 aliphatic rings. The maximum Gasteiger partial charge on any atom is 0.187 e. The Kier molecular flexibility index (Phi) is 6.39. The monoisotopic (exact) mass is 413 g/mol. The molecule has 3 aromatic heterocycles. The zero-order valence-corrected chi connectivity index (χ0v) is 18.9.